The molecule has 4 nitrogen and oxygen atoms in total. The molecule has 2 atom stereocenters. The molecule has 0 aromatic carbocycles. The Morgan fingerprint density at radius 2 is 2.20 bits per heavy atom. The van der Waals surface area contributed by atoms with Crippen LogP contribution in [0.3, 0.4) is 0 Å². The van der Waals surface area contributed by atoms with E-state index in [9.17, 15) is 9.59 Å². The molecule has 0 aromatic heterocycles. The zero-order valence-corrected chi connectivity index (χ0v) is 12.6. The minimum absolute atomic E-state index is 0.240. The molecule has 0 aliphatic carbocycles. The average Bonchev–Trinajstić information content (AvgIpc) is 2.80. The van der Waals surface area contributed by atoms with Gasteiger partial charge in [-0.15, -0.1) is 5.73 Å². The Morgan fingerprint density at radius 3 is 2.85 bits per heavy atom. The van der Waals surface area contributed by atoms with Crippen LogP contribution in [-0.2, 0) is 19.1 Å². The number of hydrogen-bond acceptors (Lipinski definition) is 4. The molecule has 1 heterocycles. The number of carbonyl (C=O) groups is 2. The summed E-state index contributed by atoms with van der Waals surface area (Å²) >= 11 is 0. The molecule has 1 fully saturated rings. The van der Waals surface area contributed by atoms with Gasteiger partial charge in [-0.3, -0.25) is 9.59 Å². The van der Waals surface area contributed by atoms with Crippen molar-refractivity contribution in [2.75, 3.05) is 13.2 Å². The largest absolute Gasteiger partial charge is 0.465 e. The third-order valence-electron chi connectivity index (χ3n) is 3.44. The molecule has 112 valence electrons. The SMILES string of the molecule is CCCCCC=C=C(C)[C@H]1COC(=O)[C@@H]1C(=O)OCC. The van der Waals surface area contributed by atoms with Crippen LogP contribution < -0.4 is 0 Å². The van der Waals surface area contributed by atoms with Crippen LogP contribution in [0.1, 0.15) is 46.5 Å². The molecule has 1 rings (SSSR count). The fourth-order valence-corrected chi connectivity index (χ4v) is 2.23. The fourth-order valence-electron chi connectivity index (χ4n) is 2.23. The van der Waals surface area contributed by atoms with Crippen LogP contribution in [0.15, 0.2) is 17.4 Å². The van der Waals surface area contributed by atoms with E-state index in [1.807, 2.05) is 13.0 Å². The number of hydrogen-bond donors (Lipinski definition) is 0. The Balaban J connectivity index is 2.69. The van der Waals surface area contributed by atoms with Gasteiger partial charge in [0.2, 0.25) is 0 Å². The molecule has 1 saturated heterocycles. The molecule has 1 aliphatic heterocycles. The molecule has 0 unspecified atom stereocenters. The highest BCUT2D eigenvalue weighted by molar-refractivity contribution is 5.97. The number of ether oxygens (including phenoxy) is 2. The smallest absolute Gasteiger partial charge is 0.321 e. The van der Waals surface area contributed by atoms with Crippen LogP contribution in [0.2, 0.25) is 0 Å². The van der Waals surface area contributed by atoms with Gasteiger partial charge in [0.05, 0.1) is 13.2 Å². The van der Waals surface area contributed by atoms with E-state index in [4.69, 9.17) is 9.47 Å². The molecule has 0 bridgehead atoms. The first-order valence-electron chi connectivity index (χ1n) is 7.36. The normalized spacial score (nSPS) is 21.1. The van der Waals surface area contributed by atoms with E-state index in [1.54, 1.807) is 6.92 Å². The molecular weight excluding hydrogens is 256 g/mol. The summed E-state index contributed by atoms with van der Waals surface area (Å²) in [5, 5.41) is 0. The maximum absolute atomic E-state index is 11.8. The minimum atomic E-state index is -0.827. The van der Waals surface area contributed by atoms with Crippen molar-refractivity contribution in [2.45, 2.75) is 46.5 Å². The molecular formula is C16H24O4. The van der Waals surface area contributed by atoms with Gasteiger partial charge in [0.1, 0.15) is 0 Å². The minimum Gasteiger partial charge on any atom is -0.465 e. The number of esters is 2. The van der Waals surface area contributed by atoms with Crippen molar-refractivity contribution in [3.05, 3.63) is 17.4 Å². The summed E-state index contributed by atoms with van der Waals surface area (Å²) in [5.74, 6) is -2.05. The summed E-state index contributed by atoms with van der Waals surface area (Å²) in [6.07, 6.45) is 6.48. The van der Waals surface area contributed by atoms with E-state index in [0.717, 1.165) is 18.4 Å². The van der Waals surface area contributed by atoms with Crippen molar-refractivity contribution in [2.24, 2.45) is 11.8 Å². The highest BCUT2D eigenvalue weighted by atomic mass is 16.6. The second-order valence-corrected chi connectivity index (χ2v) is 4.99. The fraction of sp³-hybridized carbons (Fsp3) is 0.688. The predicted octanol–water partition coefficient (Wildman–Crippen LogP) is 3.02. The molecule has 0 radical (unpaired) electrons. The zero-order valence-electron chi connectivity index (χ0n) is 12.6. The van der Waals surface area contributed by atoms with Crippen LogP contribution in [0, 0.1) is 11.8 Å². The van der Waals surface area contributed by atoms with Crippen molar-refractivity contribution in [1.82, 2.24) is 0 Å². The first-order valence-corrected chi connectivity index (χ1v) is 7.36. The third kappa shape index (κ3) is 4.53. The summed E-state index contributed by atoms with van der Waals surface area (Å²) < 4.78 is 9.94. The molecule has 0 N–H and O–H groups in total. The highest BCUT2D eigenvalue weighted by Gasteiger charge is 2.44. The van der Waals surface area contributed by atoms with Crippen LogP contribution in [-0.4, -0.2) is 25.2 Å². The van der Waals surface area contributed by atoms with E-state index in [1.165, 1.54) is 12.8 Å². The first-order chi connectivity index (χ1) is 9.61. The average molecular weight is 280 g/mol. The lowest BCUT2D eigenvalue weighted by atomic mass is 9.89. The van der Waals surface area contributed by atoms with E-state index in [-0.39, 0.29) is 19.1 Å². The van der Waals surface area contributed by atoms with E-state index in [2.05, 4.69) is 12.7 Å². The van der Waals surface area contributed by atoms with Gasteiger partial charge in [-0.25, -0.2) is 0 Å². The molecule has 0 spiro atoms. The van der Waals surface area contributed by atoms with Crippen molar-refractivity contribution in [1.29, 1.82) is 0 Å². The first kappa shape index (κ1) is 16.5. The quantitative estimate of drug-likeness (QED) is 0.311. The maximum atomic E-state index is 11.8. The number of cyclic esters (lactones) is 1. The molecule has 1 aliphatic rings. The van der Waals surface area contributed by atoms with Crippen LogP contribution in [0.4, 0.5) is 0 Å². The number of rotatable bonds is 7. The Morgan fingerprint density at radius 1 is 1.45 bits per heavy atom. The zero-order chi connectivity index (χ0) is 15.0. The van der Waals surface area contributed by atoms with Gasteiger partial charge in [0.25, 0.3) is 0 Å². The highest BCUT2D eigenvalue weighted by Crippen LogP contribution is 2.29. The summed E-state index contributed by atoms with van der Waals surface area (Å²) in [7, 11) is 0. The van der Waals surface area contributed by atoms with E-state index < -0.39 is 17.9 Å². The van der Waals surface area contributed by atoms with Gasteiger partial charge in [0.15, 0.2) is 5.92 Å². The summed E-state index contributed by atoms with van der Waals surface area (Å²) in [6.45, 7) is 6.28. The summed E-state index contributed by atoms with van der Waals surface area (Å²) in [4.78, 5) is 23.5. The molecule has 0 aromatic rings. The van der Waals surface area contributed by atoms with Crippen molar-refractivity contribution >= 4 is 11.9 Å². The molecule has 20 heavy (non-hydrogen) atoms. The lowest BCUT2D eigenvalue weighted by Gasteiger charge is -2.13. The molecule has 4 heteroatoms. The molecule has 0 amide bonds. The lowest BCUT2D eigenvalue weighted by Crippen LogP contribution is -2.28. The summed E-state index contributed by atoms with van der Waals surface area (Å²) in [5.41, 5.74) is 4.06. The number of unbranched alkanes of at least 4 members (excludes halogenated alkanes) is 3. The van der Waals surface area contributed by atoms with Crippen molar-refractivity contribution in [3.63, 3.8) is 0 Å². The van der Waals surface area contributed by atoms with Gasteiger partial charge >= 0.3 is 11.9 Å². The maximum Gasteiger partial charge on any atom is 0.321 e. The van der Waals surface area contributed by atoms with Crippen molar-refractivity contribution < 1.29 is 19.1 Å². The van der Waals surface area contributed by atoms with Gasteiger partial charge in [-0.1, -0.05) is 19.8 Å². The van der Waals surface area contributed by atoms with Crippen LogP contribution >= 0.6 is 0 Å². The second kappa shape index (κ2) is 8.60. The van der Waals surface area contributed by atoms with Gasteiger partial charge in [-0.2, -0.15) is 0 Å². The monoisotopic (exact) mass is 280 g/mol. The van der Waals surface area contributed by atoms with Crippen LogP contribution in [0.25, 0.3) is 0 Å². The molecule has 0 saturated carbocycles. The Bertz CT molecular complexity index is 405. The van der Waals surface area contributed by atoms with Gasteiger partial charge in [-0.05, 0) is 38.3 Å². The van der Waals surface area contributed by atoms with Gasteiger partial charge < -0.3 is 9.47 Å². The Kier molecular flexibility index (Phi) is 7.10. The topological polar surface area (TPSA) is 52.6 Å². The second-order valence-electron chi connectivity index (χ2n) is 4.99. The van der Waals surface area contributed by atoms with E-state index >= 15 is 0 Å². The Labute approximate surface area is 120 Å². The van der Waals surface area contributed by atoms with E-state index in [0.29, 0.717) is 0 Å². The number of carbonyl (C=O) groups excluding carboxylic acids is 2. The van der Waals surface area contributed by atoms with Gasteiger partial charge in [0, 0.05) is 5.92 Å². The third-order valence-corrected chi connectivity index (χ3v) is 3.44. The standard InChI is InChI=1S/C16H24O4/c1-4-6-7-8-9-10-12(3)13-11-20-16(18)14(13)15(17)19-5-2/h9,13-14H,4-8,11H2,1-3H3/t10?,13-,14+/m1/s1. The Hall–Kier alpha value is -1.54. The summed E-state index contributed by atoms with van der Waals surface area (Å²) in [6, 6.07) is 0. The van der Waals surface area contributed by atoms with Crippen molar-refractivity contribution in [3.8, 4) is 0 Å². The lowest BCUT2D eigenvalue weighted by molar-refractivity contribution is -0.156. The predicted molar refractivity (Wildman–Crippen MR) is 76.0 cm³/mol. The van der Waals surface area contributed by atoms with Crippen LogP contribution in [0.5, 0.6) is 0 Å².